The van der Waals surface area contributed by atoms with E-state index in [1.807, 2.05) is 0 Å². The number of anilines is 2. The lowest BCUT2D eigenvalue weighted by atomic mass is 10.1. The number of benzene rings is 1. The van der Waals surface area contributed by atoms with Gasteiger partial charge in [0.25, 0.3) is 0 Å². The number of hydrogen-bond donors (Lipinski definition) is 2. The van der Waals surface area contributed by atoms with Crippen molar-refractivity contribution in [2.24, 2.45) is 0 Å². The molecular formula is C9H8FN3. The van der Waals surface area contributed by atoms with Gasteiger partial charge in [-0.2, -0.15) is 0 Å². The van der Waals surface area contributed by atoms with E-state index < -0.39 is 5.82 Å². The fourth-order valence-electron chi connectivity index (χ4n) is 1.24. The van der Waals surface area contributed by atoms with E-state index in [0.29, 0.717) is 16.6 Å². The second kappa shape index (κ2) is 2.58. The summed E-state index contributed by atoms with van der Waals surface area (Å²) in [5.74, 6) is -0.394. The molecule has 0 fully saturated rings. The number of nitrogens with two attached hydrogens (primary N) is 2. The van der Waals surface area contributed by atoms with E-state index >= 15 is 0 Å². The molecule has 1 heterocycles. The Kier molecular flexibility index (Phi) is 1.55. The highest BCUT2D eigenvalue weighted by Crippen LogP contribution is 2.26. The van der Waals surface area contributed by atoms with Crippen LogP contribution in [0.25, 0.3) is 10.9 Å². The first-order chi connectivity index (χ1) is 6.20. The molecule has 0 radical (unpaired) electrons. The Hall–Kier alpha value is -1.84. The summed E-state index contributed by atoms with van der Waals surface area (Å²) in [4.78, 5) is 3.96. The molecule has 0 bridgehead atoms. The minimum atomic E-state index is -0.394. The van der Waals surface area contributed by atoms with E-state index in [1.165, 1.54) is 12.3 Å². The zero-order valence-corrected chi connectivity index (χ0v) is 6.79. The predicted molar refractivity (Wildman–Crippen MR) is 50.5 cm³/mol. The summed E-state index contributed by atoms with van der Waals surface area (Å²) in [5, 5.41) is 0.294. The van der Waals surface area contributed by atoms with Gasteiger partial charge < -0.3 is 11.5 Å². The number of rotatable bonds is 0. The molecule has 0 saturated carbocycles. The van der Waals surface area contributed by atoms with Crippen LogP contribution in [0.5, 0.6) is 0 Å². The zero-order chi connectivity index (χ0) is 9.42. The topological polar surface area (TPSA) is 64.9 Å². The lowest BCUT2D eigenvalue weighted by Crippen LogP contribution is -1.98. The minimum Gasteiger partial charge on any atom is -0.396 e. The first-order valence-electron chi connectivity index (χ1n) is 3.78. The van der Waals surface area contributed by atoms with Gasteiger partial charge in [0, 0.05) is 0 Å². The Morgan fingerprint density at radius 2 is 2.00 bits per heavy atom. The maximum Gasteiger partial charge on any atom is 0.134 e. The lowest BCUT2D eigenvalue weighted by Gasteiger charge is -2.04. The van der Waals surface area contributed by atoms with Crippen LogP contribution >= 0.6 is 0 Å². The quantitative estimate of drug-likeness (QED) is 0.641. The second-order valence-corrected chi connectivity index (χ2v) is 2.76. The molecule has 13 heavy (non-hydrogen) atoms. The second-order valence-electron chi connectivity index (χ2n) is 2.76. The van der Waals surface area contributed by atoms with Crippen LogP contribution in [-0.4, -0.2) is 4.98 Å². The van der Waals surface area contributed by atoms with Crippen molar-refractivity contribution in [2.75, 3.05) is 11.5 Å². The van der Waals surface area contributed by atoms with Gasteiger partial charge in [0.15, 0.2) is 0 Å². The number of halogens is 1. The normalized spacial score (nSPS) is 10.5. The van der Waals surface area contributed by atoms with Gasteiger partial charge in [0.2, 0.25) is 0 Å². The first-order valence-corrected chi connectivity index (χ1v) is 3.78. The van der Waals surface area contributed by atoms with Crippen molar-refractivity contribution in [1.82, 2.24) is 4.98 Å². The maximum absolute atomic E-state index is 13.3. The lowest BCUT2D eigenvalue weighted by molar-refractivity contribution is 0.640. The van der Waals surface area contributed by atoms with Crippen molar-refractivity contribution < 1.29 is 4.39 Å². The average molecular weight is 177 g/mol. The van der Waals surface area contributed by atoms with Crippen molar-refractivity contribution in [2.45, 2.75) is 0 Å². The summed E-state index contributed by atoms with van der Waals surface area (Å²) in [5.41, 5.74) is 12.2. The molecule has 0 atom stereocenters. The zero-order valence-electron chi connectivity index (χ0n) is 6.79. The predicted octanol–water partition coefficient (Wildman–Crippen LogP) is 1.54. The van der Waals surface area contributed by atoms with Gasteiger partial charge >= 0.3 is 0 Å². The van der Waals surface area contributed by atoms with Crippen LogP contribution in [0, 0.1) is 5.82 Å². The molecule has 0 aliphatic heterocycles. The fourth-order valence-corrected chi connectivity index (χ4v) is 1.24. The smallest absolute Gasteiger partial charge is 0.134 e. The third kappa shape index (κ3) is 1.07. The van der Waals surface area contributed by atoms with Crippen LogP contribution < -0.4 is 11.5 Å². The molecule has 0 spiro atoms. The van der Waals surface area contributed by atoms with Crippen molar-refractivity contribution >= 4 is 22.3 Å². The summed E-state index contributed by atoms with van der Waals surface area (Å²) in [6.07, 6.45) is 1.43. The number of hydrogen-bond acceptors (Lipinski definition) is 3. The SMILES string of the molecule is Nc1cnc2cccc(F)c2c1N. The molecule has 4 N–H and O–H groups in total. The molecule has 3 nitrogen and oxygen atoms in total. The Balaban J connectivity index is 2.97. The Labute approximate surface area is 74.2 Å². The highest BCUT2D eigenvalue weighted by molar-refractivity contribution is 5.95. The molecular weight excluding hydrogens is 169 g/mol. The third-order valence-corrected chi connectivity index (χ3v) is 1.91. The van der Waals surface area contributed by atoms with E-state index in [-0.39, 0.29) is 5.69 Å². The number of nitrogens with zero attached hydrogens (tertiary/aromatic N) is 1. The summed E-state index contributed by atoms with van der Waals surface area (Å²) < 4.78 is 13.3. The van der Waals surface area contributed by atoms with Crippen molar-refractivity contribution in [1.29, 1.82) is 0 Å². The molecule has 0 aliphatic carbocycles. The van der Waals surface area contributed by atoms with Gasteiger partial charge in [-0.3, -0.25) is 4.98 Å². The van der Waals surface area contributed by atoms with Gasteiger partial charge in [0.1, 0.15) is 5.82 Å². The van der Waals surface area contributed by atoms with Crippen molar-refractivity contribution in [3.63, 3.8) is 0 Å². The fraction of sp³-hybridized carbons (Fsp3) is 0. The van der Waals surface area contributed by atoms with Crippen LogP contribution in [0.4, 0.5) is 15.8 Å². The summed E-state index contributed by atoms with van der Waals surface area (Å²) in [6.45, 7) is 0. The molecule has 1 aromatic carbocycles. The molecule has 1 aromatic heterocycles. The van der Waals surface area contributed by atoms with Gasteiger partial charge in [-0.25, -0.2) is 4.39 Å². The van der Waals surface area contributed by atoms with Crippen LogP contribution in [0.15, 0.2) is 24.4 Å². The molecule has 0 unspecified atom stereocenters. The van der Waals surface area contributed by atoms with Crippen LogP contribution in [0.1, 0.15) is 0 Å². The summed E-state index contributed by atoms with van der Waals surface area (Å²) >= 11 is 0. The van der Waals surface area contributed by atoms with Crippen molar-refractivity contribution in [3.05, 3.63) is 30.2 Å². The van der Waals surface area contributed by atoms with Gasteiger partial charge in [-0.15, -0.1) is 0 Å². The monoisotopic (exact) mass is 177 g/mol. The van der Waals surface area contributed by atoms with E-state index in [2.05, 4.69) is 4.98 Å². The Bertz CT molecular complexity index is 468. The Morgan fingerprint density at radius 1 is 1.23 bits per heavy atom. The summed E-state index contributed by atoms with van der Waals surface area (Å²) in [7, 11) is 0. The molecule has 0 amide bonds. The molecule has 4 heteroatoms. The highest BCUT2D eigenvalue weighted by Gasteiger charge is 2.06. The standard InChI is InChI=1S/C9H8FN3/c10-5-2-1-3-7-8(5)9(12)6(11)4-13-7/h1-4H,11H2,(H2,12,13). The van der Waals surface area contributed by atoms with E-state index in [0.717, 1.165) is 0 Å². The number of aromatic nitrogens is 1. The highest BCUT2D eigenvalue weighted by atomic mass is 19.1. The van der Waals surface area contributed by atoms with Crippen LogP contribution in [0.3, 0.4) is 0 Å². The largest absolute Gasteiger partial charge is 0.396 e. The molecule has 2 rings (SSSR count). The number of pyridine rings is 1. The maximum atomic E-state index is 13.3. The van der Waals surface area contributed by atoms with Gasteiger partial charge in [0.05, 0.1) is 28.5 Å². The third-order valence-electron chi connectivity index (χ3n) is 1.91. The molecule has 2 aromatic rings. The van der Waals surface area contributed by atoms with Crippen LogP contribution in [-0.2, 0) is 0 Å². The van der Waals surface area contributed by atoms with Gasteiger partial charge in [-0.1, -0.05) is 6.07 Å². The number of nitrogen functional groups attached to an aromatic ring is 2. The van der Waals surface area contributed by atoms with Gasteiger partial charge in [-0.05, 0) is 12.1 Å². The average Bonchev–Trinajstić information content (AvgIpc) is 2.12. The van der Waals surface area contributed by atoms with Crippen molar-refractivity contribution in [3.8, 4) is 0 Å². The summed E-state index contributed by atoms with van der Waals surface area (Å²) in [6, 6.07) is 4.61. The van der Waals surface area contributed by atoms with Crippen LogP contribution in [0.2, 0.25) is 0 Å². The minimum absolute atomic E-state index is 0.253. The molecule has 0 aliphatic rings. The molecule has 66 valence electrons. The van der Waals surface area contributed by atoms with E-state index in [9.17, 15) is 4.39 Å². The van der Waals surface area contributed by atoms with E-state index in [1.54, 1.807) is 12.1 Å². The molecule has 0 saturated heterocycles. The Morgan fingerprint density at radius 3 is 2.77 bits per heavy atom. The van der Waals surface area contributed by atoms with E-state index in [4.69, 9.17) is 11.5 Å². The number of fused-ring (bicyclic) bond motifs is 1. The first kappa shape index (κ1) is 7.79.